The number of nitrogens with two attached hydrogens (primary N) is 1. The topological polar surface area (TPSA) is 113 Å². The molecule has 1 aromatic carbocycles. The van der Waals surface area contributed by atoms with Crippen molar-refractivity contribution in [2.75, 3.05) is 20.8 Å². The Balaban J connectivity index is 1.32. The number of oxime groups is 1. The predicted molar refractivity (Wildman–Crippen MR) is 144 cm³/mol. The van der Waals surface area contributed by atoms with E-state index in [1.165, 1.54) is 20.0 Å². The van der Waals surface area contributed by atoms with Gasteiger partial charge in [0.1, 0.15) is 24.0 Å². The second kappa shape index (κ2) is 8.56. The number of methoxy groups -OCH3 is 1. The molecule has 4 aromatic rings. The zero-order valence-electron chi connectivity index (χ0n) is 21.8. The second-order valence-corrected chi connectivity index (χ2v) is 10.7. The predicted octanol–water partition coefficient (Wildman–Crippen LogP) is 3.18. The van der Waals surface area contributed by atoms with Gasteiger partial charge in [0.2, 0.25) is 0 Å². The van der Waals surface area contributed by atoms with Crippen LogP contribution in [0, 0.1) is 11.8 Å². The maximum Gasteiger partial charge on any atom is 0.254 e. The highest BCUT2D eigenvalue weighted by atomic mass is 16.6. The molecule has 1 aliphatic heterocycles. The Hall–Kier alpha value is -3.92. The van der Waals surface area contributed by atoms with Crippen LogP contribution in [0.1, 0.15) is 29.6 Å². The summed E-state index contributed by atoms with van der Waals surface area (Å²) in [5.41, 5.74) is 11.3. The molecule has 0 radical (unpaired) electrons. The van der Waals surface area contributed by atoms with Gasteiger partial charge in [-0.25, -0.2) is 9.97 Å². The van der Waals surface area contributed by atoms with Crippen molar-refractivity contribution in [2.24, 2.45) is 29.8 Å². The second-order valence-electron chi connectivity index (χ2n) is 10.7. The molecule has 10 heteroatoms. The Bertz CT molecular complexity index is 1620. The van der Waals surface area contributed by atoms with E-state index in [0.717, 1.165) is 46.7 Å². The Morgan fingerprint density at radius 2 is 2.08 bits per heavy atom. The molecule has 38 heavy (non-hydrogen) atoms. The van der Waals surface area contributed by atoms with E-state index in [0.29, 0.717) is 29.3 Å². The number of pyridine rings is 1. The Morgan fingerprint density at radius 3 is 2.82 bits per heavy atom. The van der Waals surface area contributed by atoms with Crippen molar-refractivity contribution in [3.63, 3.8) is 0 Å². The number of carbonyl (C=O) groups is 1. The average molecular weight is 514 g/mol. The Labute approximate surface area is 220 Å². The minimum absolute atomic E-state index is 0.101. The molecule has 1 saturated heterocycles. The number of rotatable bonds is 6. The van der Waals surface area contributed by atoms with Gasteiger partial charge >= 0.3 is 0 Å². The third-order valence-electron chi connectivity index (χ3n) is 8.38. The van der Waals surface area contributed by atoms with Crippen molar-refractivity contribution in [3.05, 3.63) is 42.1 Å². The van der Waals surface area contributed by atoms with E-state index in [-0.39, 0.29) is 23.9 Å². The van der Waals surface area contributed by atoms with Crippen LogP contribution in [-0.2, 0) is 18.4 Å². The highest BCUT2D eigenvalue weighted by Gasteiger charge is 2.51. The quantitative estimate of drug-likeness (QED) is 0.396. The number of imidazole rings is 1. The van der Waals surface area contributed by atoms with E-state index >= 15 is 0 Å². The van der Waals surface area contributed by atoms with Gasteiger partial charge in [-0.1, -0.05) is 5.16 Å². The lowest BCUT2D eigenvalue weighted by Crippen LogP contribution is -2.46. The Kier molecular flexibility index (Phi) is 5.23. The van der Waals surface area contributed by atoms with E-state index in [2.05, 4.69) is 31.4 Å². The van der Waals surface area contributed by atoms with Crippen LogP contribution in [0.2, 0.25) is 0 Å². The third kappa shape index (κ3) is 3.43. The van der Waals surface area contributed by atoms with Crippen molar-refractivity contribution in [2.45, 2.75) is 37.9 Å². The molecule has 0 spiro atoms. The summed E-state index contributed by atoms with van der Waals surface area (Å²) in [6.07, 6.45) is 5.09. The zero-order chi connectivity index (χ0) is 26.1. The van der Waals surface area contributed by atoms with E-state index in [1.807, 2.05) is 36.3 Å². The molecule has 3 aliphatic rings. The van der Waals surface area contributed by atoms with Gasteiger partial charge in [0, 0.05) is 43.3 Å². The summed E-state index contributed by atoms with van der Waals surface area (Å²) in [6.45, 7) is 1.53. The molecule has 2 aliphatic carbocycles. The number of amides is 1. The van der Waals surface area contributed by atoms with Crippen molar-refractivity contribution >= 4 is 33.7 Å². The number of nitrogens with zero attached hydrogens (tertiary/aromatic N) is 6. The standard InChI is InChI=1S/C28H31N7O3/c1-33-24-19(31-27(33)21-11-16-5-4-8-30-26(16)34(21)13-15-6-7-15)9-17(12-22(24)37-2)28(36)35-14-18-10-20(32-38-3)25(35)23(18)29/h4-5,8-9,11-12,15,18,23,25H,6-7,10,13-14,29H2,1-3H3. The number of benzene rings is 1. The summed E-state index contributed by atoms with van der Waals surface area (Å²) in [4.78, 5) is 30.3. The molecule has 196 valence electrons. The molecule has 7 rings (SSSR count). The number of ether oxygens (including phenoxy) is 1. The van der Waals surface area contributed by atoms with Crippen LogP contribution in [0.4, 0.5) is 0 Å². The minimum Gasteiger partial charge on any atom is -0.494 e. The smallest absolute Gasteiger partial charge is 0.254 e. The van der Waals surface area contributed by atoms with E-state index < -0.39 is 0 Å². The summed E-state index contributed by atoms with van der Waals surface area (Å²) in [7, 11) is 5.14. The highest BCUT2D eigenvalue weighted by molar-refractivity contribution is 6.04. The molecule has 1 amide bonds. The van der Waals surface area contributed by atoms with Crippen LogP contribution >= 0.6 is 0 Å². The minimum atomic E-state index is -0.251. The fourth-order valence-electron chi connectivity index (χ4n) is 6.36. The van der Waals surface area contributed by atoms with Gasteiger partial charge in [0.25, 0.3) is 5.91 Å². The van der Waals surface area contributed by atoms with Crippen LogP contribution < -0.4 is 10.5 Å². The molecule has 2 N–H and O–H groups in total. The fraction of sp³-hybridized carbons (Fsp3) is 0.429. The largest absolute Gasteiger partial charge is 0.494 e. The highest BCUT2D eigenvalue weighted by Crippen LogP contribution is 2.39. The number of hydrogen-bond acceptors (Lipinski definition) is 7. The lowest BCUT2D eigenvalue weighted by Gasteiger charge is -2.28. The first kappa shape index (κ1) is 23.2. The molecule has 3 aromatic heterocycles. The lowest BCUT2D eigenvalue weighted by molar-refractivity contribution is 0.0751. The fourth-order valence-corrected chi connectivity index (χ4v) is 6.36. The van der Waals surface area contributed by atoms with Crippen molar-refractivity contribution in [3.8, 4) is 17.3 Å². The number of fused-ring (bicyclic) bond motifs is 4. The van der Waals surface area contributed by atoms with Crippen LogP contribution in [0.3, 0.4) is 0 Å². The molecule has 3 atom stereocenters. The van der Waals surface area contributed by atoms with Gasteiger partial charge < -0.3 is 29.3 Å². The molecule has 10 nitrogen and oxygen atoms in total. The summed E-state index contributed by atoms with van der Waals surface area (Å²) in [6, 6.07) is 9.49. The van der Waals surface area contributed by atoms with Crippen LogP contribution in [0.15, 0.2) is 41.7 Å². The summed E-state index contributed by atoms with van der Waals surface area (Å²) >= 11 is 0. The SMILES string of the molecule is CON=C1CC2CN(C(=O)c3cc(OC)c4c(c3)nc(-c3cc5cccnc5n3CC3CC3)n4C)C1C2N. The lowest BCUT2D eigenvalue weighted by atomic mass is 10.1. The summed E-state index contributed by atoms with van der Waals surface area (Å²) in [5, 5.41) is 5.25. The van der Waals surface area contributed by atoms with Gasteiger partial charge in [-0.05, 0) is 61.4 Å². The van der Waals surface area contributed by atoms with Gasteiger partial charge in [-0.3, -0.25) is 4.79 Å². The van der Waals surface area contributed by atoms with Gasteiger partial charge in [-0.15, -0.1) is 0 Å². The number of aromatic nitrogens is 4. The first-order valence-corrected chi connectivity index (χ1v) is 13.1. The number of hydrogen-bond donors (Lipinski definition) is 1. The van der Waals surface area contributed by atoms with Crippen LogP contribution in [-0.4, -0.2) is 68.5 Å². The number of piperidine rings is 1. The number of carbonyl (C=O) groups excluding carboxylic acids is 1. The average Bonchev–Trinajstić information content (AvgIpc) is 3.36. The molecular weight excluding hydrogens is 482 g/mol. The Morgan fingerprint density at radius 1 is 1.24 bits per heavy atom. The monoisotopic (exact) mass is 513 g/mol. The normalized spacial score (nSPS) is 23.7. The number of likely N-dealkylation sites (tertiary alicyclic amines) is 1. The molecule has 2 saturated carbocycles. The molecule has 2 bridgehead atoms. The van der Waals surface area contributed by atoms with Gasteiger partial charge in [-0.2, -0.15) is 0 Å². The number of aryl methyl sites for hydroxylation is 1. The molecule has 3 unspecified atom stereocenters. The van der Waals surface area contributed by atoms with Crippen LogP contribution in [0.25, 0.3) is 33.6 Å². The van der Waals surface area contributed by atoms with E-state index in [4.69, 9.17) is 20.3 Å². The molecular formula is C28H31N7O3. The first-order valence-electron chi connectivity index (χ1n) is 13.1. The van der Waals surface area contributed by atoms with Gasteiger partial charge in [0.15, 0.2) is 5.82 Å². The summed E-state index contributed by atoms with van der Waals surface area (Å²) < 4.78 is 10.1. The van der Waals surface area contributed by atoms with Crippen molar-refractivity contribution in [1.29, 1.82) is 0 Å². The van der Waals surface area contributed by atoms with Crippen LogP contribution in [0.5, 0.6) is 5.75 Å². The summed E-state index contributed by atoms with van der Waals surface area (Å²) in [5.74, 6) is 2.18. The maximum absolute atomic E-state index is 13.8. The maximum atomic E-state index is 13.8. The van der Waals surface area contributed by atoms with Crippen molar-refractivity contribution < 1.29 is 14.4 Å². The third-order valence-corrected chi connectivity index (χ3v) is 8.38. The van der Waals surface area contributed by atoms with Gasteiger partial charge in [0.05, 0.1) is 30.1 Å². The van der Waals surface area contributed by atoms with Crippen molar-refractivity contribution in [1.82, 2.24) is 24.0 Å². The van der Waals surface area contributed by atoms with E-state index in [9.17, 15) is 4.79 Å². The van der Waals surface area contributed by atoms with E-state index in [1.54, 1.807) is 7.11 Å². The molecule has 3 fully saturated rings. The molecule has 4 heterocycles. The zero-order valence-corrected chi connectivity index (χ0v) is 21.8. The first-order chi connectivity index (χ1) is 18.5.